The van der Waals surface area contributed by atoms with Crippen LogP contribution in [-0.4, -0.2) is 18.4 Å². The fourth-order valence-electron chi connectivity index (χ4n) is 2.62. The summed E-state index contributed by atoms with van der Waals surface area (Å²) < 4.78 is 18.6. The molecule has 0 unspecified atom stereocenters. The molecule has 0 atom stereocenters. The number of carbonyl (C=O) groups excluding carboxylic acids is 2. The molecular weight excluding hydrogens is 347 g/mol. The lowest BCUT2D eigenvalue weighted by molar-refractivity contribution is 0.0955. The van der Waals surface area contributed by atoms with Gasteiger partial charge in [0.15, 0.2) is 5.76 Å². The molecule has 2 amide bonds. The van der Waals surface area contributed by atoms with Crippen molar-refractivity contribution >= 4 is 17.5 Å². The van der Waals surface area contributed by atoms with Gasteiger partial charge in [-0.2, -0.15) is 0 Å². The van der Waals surface area contributed by atoms with Crippen LogP contribution in [0.2, 0.25) is 0 Å². The number of hydrogen-bond donors (Lipinski definition) is 2. The Bertz CT molecular complexity index is 977. The van der Waals surface area contributed by atoms with Gasteiger partial charge in [0.05, 0.1) is 0 Å². The van der Waals surface area contributed by atoms with E-state index in [1.807, 2.05) is 13.8 Å². The van der Waals surface area contributed by atoms with E-state index in [9.17, 15) is 14.0 Å². The lowest BCUT2D eigenvalue weighted by Crippen LogP contribution is -2.22. The molecule has 3 aromatic rings. The Hall–Kier alpha value is -3.41. The van der Waals surface area contributed by atoms with Crippen LogP contribution < -0.4 is 10.6 Å². The number of hydrogen-bond acceptors (Lipinski definition) is 3. The first-order chi connectivity index (χ1) is 13.0. The zero-order valence-electron chi connectivity index (χ0n) is 15.0. The van der Waals surface area contributed by atoms with Gasteiger partial charge in [-0.3, -0.25) is 9.59 Å². The zero-order chi connectivity index (χ0) is 19.4. The number of halogens is 1. The molecule has 0 aliphatic rings. The van der Waals surface area contributed by atoms with Gasteiger partial charge in [-0.15, -0.1) is 0 Å². The van der Waals surface area contributed by atoms with Gasteiger partial charge in [0, 0.05) is 23.4 Å². The van der Waals surface area contributed by atoms with Crippen LogP contribution in [0.1, 0.15) is 33.4 Å². The fourth-order valence-corrected chi connectivity index (χ4v) is 2.62. The number of anilines is 1. The Morgan fingerprint density at radius 3 is 2.41 bits per heavy atom. The van der Waals surface area contributed by atoms with Crippen molar-refractivity contribution in [2.24, 2.45) is 0 Å². The molecule has 0 radical (unpaired) electrons. The second-order valence-corrected chi connectivity index (χ2v) is 6.01. The van der Waals surface area contributed by atoms with Gasteiger partial charge in [-0.1, -0.05) is 0 Å². The van der Waals surface area contributed by atoms with Crippen molar-refractivity contribution in [3.8, 4) is 11.3 Å². The number of carbonyl (C=O) groups is 2. The molecule has 0 bridgehead atoms. The van der Waals surface area contributed by atoms with Crippen molar-refractivity contribution in [2.45, 2.75) is 13.8 Å². The highest BCUT2D eigenvalue weighted by molar-refractivity contribution is 6.03. The van der Waals surface area contributed by atoms with Crippen molar-refractivity contribution < 1.29 is 18.4 Å². The number of aryl methyl sites for hydroxylation is 1. The molecular formula is C21H19FN2O3. The zero-order valence-corrected chi connectivity index (χ0v) is 15.0. The summed E-state index contributed by atoms with van der Waals surface area (Å²) in [5.74, 6) is -0.287. The lowest BCUT2D eigenvalue weighted by atomic mass is 10.1. The fraction of sp³-hybridized carbons (Fsp3) is 0.143. The quantitative estimate of drug-likeness (QED) is 0.703. The first-order valence-corrected chi connectivity index (χ1v) is 8.54. The van der Waals surface area contributed by atoms with Crippen LogP contribution in [0.25, 0.3) is 11.3 Å². The first kappa shape index (κ1) is 18.4. The number of rotatable bonds is 5. The maximum Gasteiger partial charge on any atom is 0.291 e. The van der Waals surface area contributed by atoms with Crippen molar-refractivity contribution in [1.29, 1.82) is 0 Å². The third-order valence-electron chi connectivity index (χ3n) is 4.03. The predicted molar refractivity (Wildman–Crippen MR) is 101 cm³/mol. The number of nitrogens with one attached hydrogen (secondary N) is 2. The van der Waals surface area contributed by atoms with Gasteiger partial charge in [0.2, 0.25) is 0 Å². The van der Waals surface area contributed by atoms with Crippen LogP contribution in [0.4, 0.5) is 10.1 Å². The SMILES string of the molecule is CCNC(=O)c1ccc(NC(=O)c2ccc(-c3ccc(F)cc3)o2)c(C)c1. The second-order valence-electron chi connectivity index (χ2n) is 6.01. The molecule has 0 aliphatic heterocycles. The Kier molecular flexibility index (Phi) is 5.35. The van der Waals surface area contributed by atoms with E-state index < -0.39 is 5.91 Å². The molecule has 27 heavy (non-hydrogen) atoms. The molecule has 0 saturated heterocycles. The Morgan fingerprint density at radius 1 is 1.00 bits per heavy atom. The van der Waals surface area contributed by atoms with Crippen LogP contribution in [-0.2, 0) is 0 Å². The van der Waals surface area contributed by atoms with E-state index in [1.165, 1.54) is 12.1 Å². The van der Waals surface area contributed by atoms with Gasteiger partial charge < -0.3 is 15.1 Å². The predicted octanol–water partition coefficient (Wildman–Crippen LogP) is 4.40. The summed E-state index contributed by atoms with van der Waals surface area (Å²) in [5.41, 5.74) is 2.56. The Balaban J connectivity index is 1.74. The number of benzene rings is 2. The topological polar surface area (TPSA) is 71.3 Å². The van der Waals surface area contributed by atoms with Crippen molar-refractivity contribution in [3.05, 3.63) is 77.3 Å². The van der Waals surface area contributed by atoms with Crippen molar-refractivity contribution in [3.63, 3.8) is 0 Å². The van der Waals surface area contributed by atoms with E-state index in [2.05, 4.69) is 10.6 Å². The average Bonchev–Trinajstić information content (AvgIpc) is 3.14. The third kappa shape index (κ3) is 4.23. The molecule has 0 saturated carbocycles. The molecule has 1 aromatic heterocycles. The minimum Gasteiger partial charge on any atom is -0.451 e. The highest BCUT2D eigenvalue weighted by atomic mass is 19.1. The monoisotopic (exact) mass is 366 g/mol. The molecule has 3 rings (SSSR count). The molecule has 6 heteroatoms. The molecule has 0 aliphatic carbocycles. The normalized spacial score (nSPS) is 10.5. The van der Waals surface area contributed by atoms with Crippen LogP contribution in [0, 0.1) is 12.7 Å². The van der Waals surface area contributed by atoms with Gasteiger partial charge in [0.1, 0.15) is 11.6 Å². The van der Waals surface area contributed by atoms with Crippen LogP contribution in [0.3, 0.4) is 0 Å². The summed E-state index contributed by atoms with van der Waals surface area (Å²) in [6.07, 6.45) is 0. The highest BCUT2D eigenvalue weighted by Gasteiger charge is 2.14. The molecule has 138 valence electrons. The second kappa shape index (κ2) is 7.86. The molecule has 1 heterocycles. The molecule has 2 N–H and O–H groups in total. The largest absolute Gasteiger partial charge is 0.451 e. The smallest absolute Gasteiger partial charge is 0.291 e. The summed E-state index contributed by atoms with van der Waals surface area (Å²) >= 11 is 0. The third-order valence-corrected chi connectivity index (χ3v) is 4.03. The van der Waals surface area contributed by atoms with E-state index in [0.717, 1.165) is 5.56 Å². The average molecular weight is 366 g/mol. The van der Waals surface area contributed by atoms with Crippen LogP contribution in [0.15, 0.2) is 59.0 Å². The van der Waals surface area contributed by atoms with E-state index in [1.54, 1.807) is 42.5 Å². The van der Waals surface area contributed by atoms with Crippen molar-refractivity contribution in [1.82, 2.24) is 5.32 Å². The van der Waals surface area contributed by atoms with Gasteiger partial charge in [-0.05, 0) is 74.0 Å². The maximum atomic E-state index is 13.0. The molecule has 0 fully saturated rings. The van der Waals surface area contributed by atoms with Gasteiger partial charge in [-0.25, -0.2) is 4.39 Å². The standard InChI is InChI=1S/C21H19FN2O3/c1-3-23-20(25)15-6-9-17(13(2)12-15)24-21(26)19-11-10-18(27-19)14-4-7-16(22)8-5-14/h4-12H,3H2,1-2H3,(H,23,25)(H,24,26). The first-order valence-electron chi connectivity index (χ1n) is 8.54. The minimum absolute atomic E-state index is 0.140. The van der Waals surface area contributed by atoms with E-state index in [4.69, 9.17) is 4.42 Å². The van der Waals surface area contributed by atoms with Crippen molar-refractivity contribution in [2.75, 3.05) is 11.9 Å². The summed E-state index contributed by atoms with van der Waals surface area (Å²) in [6, 6.07) is 14.1. The Morgan fingerprint density at radius 2 is 1.74 bits per heavy atom. The lowest BCUT2D eigenvalue weighted by Gasteiger charge is -2.09. The van der Waals surface area contributed by atoms with Gasteiger partial charge in [0.25, 0.3) is 11.8 Å². The summed E-state index contributed by atoms with van der Waals surface area (Å²) in [6.45, 7) is 4.21. The molecule has 0 spiro atoms. The summed E-state index contributed by atoms with van der Waals surface area (Å²) in [5, 5.41) is 5.51. The maximum absolute atomic E-state index is 13.0. The summed E-state index contributed by atoms with van der Waals surface area (Å²) in [4.78, 5) is 24.3. The number of amides is 2. The van der Waals surface area contributed by atoms with Crippen LogP contribution >= 0.6 is 0 Å². The number of furan rings is 1. The van der Waals surface area contributed by atoms with Crippen LogP contribution in [0.5, 0.6) is 0 Å². The highest BCUT2D eigenvalue weighted by Crippen LogP contribution is 2.24. The van der Waals surface area contributed by atoms with E-state index in [-0.39, 0.29) is 17.5 Å². The molecule has 2 aromatic carbocycles. The van der Waals surface area contributed by atoms with Gasteiger partial charge >= 0.3 is 0 Å². The molecule has 5 nitrogen and oxygen atoms in total. The Labute approximate surface area is 156 Å². The minimum atomic E-state index is -0.405. The van der Waals surface area contributed by atoms with E-state index in [0.29, 0.717) is 29.1 Å². The van der Waals surface area contributed by atoms with E-state index >= 15 is 0 Å². The summed E-state index contributed by atoms with van der Waals surface area (Å²) in [7, 11) is 0.